The minimum Gasteiger partial charge on any atom is -0.497 e. The molecule has 1 heterocycles. The van der Waals surface area contributed by atoms with Gasteiger partial charge in [-0.3, -0.25) is 13.9 Å². The fourth-order valence-corrected chi connectivity index (χ4v) is 5.20. The van der Waals surface area contributed by atoms with Gasteiger partial charge in [-0.05, 0) is 79.2 Å². The average Bonchev–Trinajstić information content (AvgIpc) is 3.29. The maximum Gasteiger partial charge on any atom is 0.264 e. The van der Waals surface area contributed by atoms with Crippen molar-refractivity contribution in [3.05, 3.63) is 78.6 Å². The van der Waals surface area contributed by atoms with Gasteiger partial charge in [0.2, 0.25) is 11.8 Å². The van der Waals surface area contributed by atoms with Crippen molar-refractivity contribution in [3.63, 3.8) is 0 Å². The SMILES string of the molecule is COc1ccc(S(=O)(=O)N(CC(=O)Nc2ccc(N3CCCC3=O)cc2)c2ccc(F)cc2)cc1. The van der Waals surface area contributed by atoms with Crippen LogP contribution in [0, 0.1) is 5.82 Å². The molecule has 2 amide bonds. The van der Waals surface area contributed by atoms with E-state index >= 15 is 0 Å². The van der Waals surface area contributed by atoms with Crippen molar-refractivity contribution in [2.75, 3.05) is 34.7 Å². The van der Waals surface area contributed by atoms with E-state index in [0.29, 0.717) is 24.4 Å². The van der Waals surface area contributed by atoms with Crippen LogP contribution in [0.15, 0.2) is 77.7 Å². The van der Waals surface area contributed by atoms with E-state index in [1.807, 2.05) is 0 Å². The second-order valence-electron chi connectivity index (χ2n) is 7.91. The van der Waals surface area contributed by atoms with Crippen LogP contribution in [0.5, 0.6) is 5.75 Å². The summed E-state index contributed by atoms with van der Waals surface area (Å²) in [5.41, 5.74) is 1.33. The Morgan fingerprint density at radius 1 is 1.03 bits per heavy atom. The molecule has 0 aliphatic carbocycles. The Kier molecular flexibility index (Phi) is 7.02. The molecule has 182 valence electrons. The first-order valence-corrected chi connectivity index (χ1v) is 12.3. The molecule has 35 heavy (non-hydrogen) atoms. The van der Waals surface area contributed by atoms with E-state index in [2.05, 4.69) is 5.32 Å². The minimum absolute atomic E-state index is 0.0462. The number of hydrogen-bond acceptors (Lipinski definition) is 5. The van der Waals surface area contributed by atoms with Crippen LogP contribution in [-0.4, -0.2) is 40.4 Å². The Bertz CT molecular complexity index is 1310. The number of nitrogens with zero attached hydrogens (tertiary/aromatic N) is 2. The number of ether oxygens (including phenoxy) is 1. The number of halogens is 1. The third-order valence-corrected chi connectivity index (χ3v) is 7.37. The highest BCUT2D eigenvalue weighted by molar-refractivity contribution is 7.92. The molecule has 4 rings (SSSR count). The molecule has 10 heteroatoms. The molecular weight excluding hydrogens is 473 g/mol. The first kappa shape index (κ1) is 24.2. The first-order chi connectivity index (χ1) is 16.8. The minimum atomic E-state index is -4.15. The Morgan fingerprint density at radius 3 is 2.26 bits per heavy atom. The lowest BCUT2D eigenvalue weighted by Gasteiger charge is -2.24. The molecule has 8 nitrogen and oxygen atoms in total. The lowest BCUT2D eigenvalue weighted by Crippen LogP contribution is -2.38. The summed E-state index contributed by atoms with van der Waals surface area (Å²) in [7, 11) is -2.69. The molecule has 0 unspecified atom stereocenters. The Morgan fingerprint density at radius 2 is 1.69 bits per heavy atom. The number of rotatable bonds is 8. The predicted molar refractivity (Wildman–Crippen MR) is 131 cm³/mol. The maximum absolute atomic E-state index is 13.5. The van der Waals surface area contributed by atoms with Crippen molar-refractivity contribution in [3.8, 4) is 5.75 Å². The fraction of sp³-hybridized carbons (Fsp3) is 0.200. The topological polar surface area (TPSA) is 96.0 Å². The van der Waals surface area contributed by atoms with Crippen LogP contribution in [0.25, 0.3) is 0 Å². The van der Waals surface area contributed by atoms with Gasteiger partial charge in [0.05, 0.1) is 17.7 Å². The summed E-state index contributed by atoms with van der Waals surface area (Å²) in [6, 6.07) is 17.4. The van der Waals surface area contributed by atoms with E-state index in [1.165, 1.54) is 43.5 Å². The number of methoxy groups -OCH3 is 1. The fourth-order valence-electron chi connectivity index (χ4n) is 3.77. The Hall–Kier alpha value is -3.92. The number of sulfonamides is 1. The smallest absolute Gasteiger partial charge is 0.264 e. The van der Waals surface area contributed by atoms with Crippen molar-refractivity contribution in [1.82, 2.24) is 0 Å². The van der Waals surface area contributed by atoms with Crippen LogP contribution < -0.4 is 19.3 Å². The number of hydrogen-bond donors (Lipinski definition) is 1. The largest absolute Gasteiger partial charge is 0.497 e. The molecule has 0 atom stereocenters. The summed E-state index contributed by atoms with van der Waals surface area (Å²) in [5.74, 6) is -0.581. The highest BCUT2D eigenvalue weighted by Gasteiger charge is 2.28. The summed E-state index contributed by atoms with van der Waals surface area (Å²) in [6.07, 6.45) is 1.32. The molecule has 3 aromatic carbocycles. The second kappa shape index (κ2) is 10.1. The van der Waals surface area contributed by atoms with Gasteiger partial charge in [0.25, 0.3) is 10.0 Å². The monoisotopic (exact) mass is 497 g/mol. The quantitative estimate of drug-likeness (QED) is 0.511. The summed E-state index contributed by atoms with van der Waals surface area (Å²) >= 11 is 0. The van der Waals surface area contributed by atoms with Crippen molar-refractivity contribution in [2.45, 2.75) is 17.7 Å². The van der Waals surface area contributed by atoms with Crippen molar-refractivity contribution in [1.29, 1.82) is 0 Å². The lowest BCUT2D eigenvalue weighted by molar-refractivity contribution is -0.117. The Balaban J connectivity index is 1.55. The zero-order chi connectivity index (χ0) is 25.0. The van der Waals surface area contributed by atoms with Crippen molar-refractivity contribution < 1.29 is 27.1 Å². The highest BCUT2D eigenvalue weighted by Crippen LogP contribution is 2.26. The van der Waals surface area contributed by atoms with Gasteiger partial charge in [-0.25, -0.2) is 12.8 Å². The van der Waals surface area contributed by atoms with Crippen LogP contribution in [0.2, 0.25) is 0 Å². The molecular formula is C25H24FN3O5S. The lowest BCUT2D eigenvalue weighted by atomic mass is 10.2. The van der Waals surface area contributed by atoms with Crippen LogP contribution in [-0.2, 0) is 19.6 Å². The van der Waals surface area contributed by atoms with E-state index in [4.69, 9.17) is 4.74 Å². The van der Waals surface area contributed by atoms with Gasteiger partial charge >= 0.3 is 0 Å². The third-order valence-electron chi connectivity index (χ3n) is 5.59. The molecule has 0 radical (unpaired) electrons. The van der Waals surface area contributed by atoms with Gasteiger partial charge in [-0.2, -0.15) is 0 Å². The number of amides is 2. The van der Waals surface area contributed by atoms with E-state index < -0.39 is 28.3 Å². The van der Waals surface area contributed by atoms with Gasteiger partial charge in [0.15, 0.2) is 0 Å². The number of carbonyl (C=O) groups excluding carboxylic acids is 2. The molecule has 1 saturated heterocycles. The summed E-state index contributed by atoms with van der Waals surface area (Å²) < 4.78 is 46.3. The highest BCUT2D eigenvalue weighted by atomic mass is 32.2. The summed E-state index contributed by atoms with van der Waals surface area (Å²) in [4.78, 5) is 26.4. The van der Waals surface area contributed by atoms with Gasteiger partial charge in [0.1, 0.15) is 18.1 Å². The molecule has 0 aromatic heterocycles. The zero-order valence-electron chi connectivity index (χ0n) is 19.0. The summed E-state index contributed by atoms with van der Waals surface area (Å²) in [6.45, 7) is 0.118. The molecule has 1 aliphatic rings. The molecule has 1 aliphatic heterocycles. The molecule has 0 saturated carbocycles. The van der Waals surface area contributed by atoms with E-state index in [0.717, 1.165) is 28.5 Å². The van der Waals surface area contributed by atoms with Crippen LogP contribution >= 0.6 is 0 Å². The van der Waals surface area contributed by atoms with E-state index in [1.54, 1.807) is 29.2 Å². The molecule has 0 spiro atoms. The first-order valence-electron chi connectivity index (χ1n) is 10.9. The normalized spacial score (nSPS) is 13.5. The van der Waals surface area contributed by atoms with Gasteiger partial charge < -0.3 is 15.0 Å². The number of anilines is 3. The third kappa shape index (κ3) is 5.43. The molecule has 0 bridgehead atoms. The Labute approximate surface area is 203 Å². The molecule has 1 fully saturated rings. The van der Waals surface area contributed by atoms with Crippen LogP contribution in [0.3, 0.4) is 0 Å². The standard InChI is InChI=1S/C25H24FN3O5S/c1-34-22-12-14-23(15-13-22)35(32,33)29(21-8-4-18(26)5-9-21)17-24(30)27-19-6-10-20(11-7-19)28-16-2-3-25(28)31/h4-15H,2-3,16-17H2,1H3,(H,27,30). The van der Waals surface area contributed by atoms with E-state index in [9.17, 15) is 22.4 Å². The van der Waals surface area contributed by atoms with Gasteiger partial charge in [-0.15, -0.1) is 0 Å². The number of carbonyl (C=O) groups is 2. The number of nitrogens with one attached hydrogen (secondary N) is 1. The van der Waals surface area contributed by atoms with E-state index in [-0.39, 0.29) is 16.5 Å². The van der Waals surface area contributed by atoms with Crippen LogP contribution in [0.1, 0.15) is 12.8 Å². The predicted octanol–water partition coefficient (Wildman–Crippen LogP) is 3.80. The molecule has 3 aromatic rings. The zero-order valence-corrected chi connectivity index (χ0v) is 19.8. The van der Waals surface area contributed by atoms with Crippen molar-refractivity contribution >= 4 is 38.9 Å². The maximum atomic E-state index is 13.5. The van der Waals surface area contributed by atoms with Gasteiger partial charge in [0, 0.05) is 24.3 Å². The second-order valence-corrected chi connectivity index (χ2v) is 9.77. The number of benzene rings is 3. The summed E-state index contributed by atoms with van der Waals surface area (Å²) in [5, 5.41) is 2.68. The van der Waals surface area contributed by atoms with Crippen LogP contribution in [0.4, 0.5) is 21.5 Å². The van der Waals surface area contributed by atoms with Gasteiger partial charge in [-0.1, -0.05) is 0 Å². The molecule has 1 N–H and O–H groups in total. The van der Waals surface area contributed by atoms with Crippen molar-refractivity contribution in [2.24, 2.45) is 0 Å². The average molecular weight is 498 g/mol.